The lowest BCUT2D eigenvalue weighted by Gasteiger charge is -2.42. The molecule has 4 amide bonds. The Balaban J connectivity index is 1.38. The van der Waals surface area contributed by atoms with Crippen LogP contribution in [0, 0.1) is 12.8 Å². The second-order valence-electron chi connectivity index (χ2n) is 9.22. The molecule has 2 aromatic rings. The van der Waals surface area contributed by atoms with Crippen molar-refractivity contribution < 1.29 is 19.1 Å². The van der Waals surface area contributed by atoms with Crippen molar-refractivity contribution in [1.82, 2.24) is 10.2 Å². The van der Waals surface area contributed by atoms with Crippen LogP contribution in [0.2, 0.25) is 0 Å². The van der Waals surface area contributed by atoms with Crippen molar-refractivity contribution in [2.45, 2.75) is 57.4 Å². The van der Waals surface area contributed by atoms with Gasteiger partial charge in [0.05, 0.1) is 17.8 Å². The quantitative estimate of drug-likeness (QED) is 0.762. The number of fused-ring (bicyclic) bond motifs is 3. The molecule has 172 valence electrons. The molecule has 3 aliphatic rings. The van der Waals surface area contributed by atoms with E-state index in [1.54, 1.807) is 29.2 Å². The zero-order valence-corrected chi connectivity index (χ0v) is 18.8. The van der Waals surface area contributed by atoms with Crippen molar-refractivity contribution in [3.8, 4) is 0 Å². The summed E-state index contributed by atoms with van der Waals surface area (Å²) in [5.41, 5.74) is 2.65. The number of amides is 4. The van der Waals surface area contributed by atoms with Gasteiger partial charge in [-0.3, -0.25) is 9.59 Å². The fourth-order valence-electron chi connectivity index (χ4n) is 5.36. The van der Waals surface area contributed by atoms with Crippen LogP contribution in [0.3, 0.4) is 0 Å². The van der Waals surface area contributed by atoms with Crippen molar-refractivity contribution in [2.75, 3.05) is 11.4 Å². The lowest BCUT2D eigenvalue weighted by molar-refractivity contribution is -0.134. The fourth-order valence-corrected chi connectivity index (χ4v) is 5.36. The highest BCUT2D eigenvalue weighted by molar-refractivity contribution is 6.18. The zero-order chi connectivity index (χ0) is 22.9. The summed E-state index contributed by atoms with van der Waals surface area (Å²) < 4.78 is 6.22. The number of anilines is 1. The van der Waals surface area contributed by atoms with Crippen LogP contribution in [0.15, 0.2) is 54.6 Å². The number of imide groups is 1. The number of nitrogens with zero attached hydrogens (tertiary/aromatic N) is 2. The maximum atomic E-state index is 13.6. The topological polar surface area (TPSA) is 79.0 Å². The number of aryl methyl sites for hydroxylation is 1. The van der Waals surface area contributed by atoms with E-state index >= 15 is 0 Å². The van der Waals surface area contributed by atoms with Crippen molar-refractivity contribution in [3.05, 3.63) is 65.7 Å². The van der Waals surface area contributed by atoms with Crippen molar-refractivity contribution in [2.24, 2.45) is 5.92 Å². The molecule has 7 heteroatoms. The van der Waals surface area contributed by atoms with E-state index in [4.69, 9.17) is 4.74 Å². The summed E-state index contributed by atoms with van der Waals surface area (Å²) in [5.74, 6) is -0.495. The number of carbonyl (C=O) groups is 3. The lowest BCUT2D eigenvalue weighted by atomic mass is 9.81. The number of hydrogen-bond donors (Lipinski definition) is 1. The maximum absolute atomic E-state index is 13.6. The number of carbonyl (C=O) groups excluding carboxylic acids is 3. The number of nitrogens with one attached hydrogen (secondary N) is 1. The lowest BCUT2D eigenvalue weighted by Crippen LogP contribution is -2.66. The third-order valence-corrected chi connectivity index (χ3v) is 7.02. The van der Waals surface area contributed by atoms with E-state index in [0.29, 0.717) is 12.2 Å². The average Bonchev–Trinajstić information content (AvgIpc) is 3.22. The molecule has 1 saturated carbocycles. The van der Waals surface area contributed by atoms with Gasteiger partial charge in [0.1, 0.15) is 6.54 Å². The van der Waals surface area contributed by atoms with Crippen molar-refractivity contribution >= 4 is 23.5 Å². The molecule has 0 radical (unpaired) electrons. The number of benzene rings is 2. The number of para-hydroxylation sites is 1. The molecule has 4 unspecified atom stereocenters. The minimum Gasteiger partial charge on any atom is -0.363 e. The standard InChI is InChI=1S/C26H29N3O4/c1-17-11-13-18(14-12-17)15-27-22(30)16-28-23-20-9-5-6-10-21(20)33-24(23)25(31)29(26(28)32)19-7-3-2-4-8-19/h2-4,7-8,11-14,20-21,23-24H,5-6,9-10,15-16H2,1H3,(H,27,30). The average molecular weight is 448 g/mol. The first kappa shape index (κ1) is 21.6. The highest BCUT2D eigenvalue weighted by Gasteiger charge is 2.57. The van der Waals surface area contributed by atoms with Crippen LogP contribution in [-0.2, 0) is 20.9 Å². The van der Waals surface area contributed by atoms with Crippen LogP contribution < -0.4 is 10.2 Å². The maximum Gasteiger partial charge on any atom is 0.332 e. The van der Waals surface area contributed by atoms with Gasteiger partial charge in [0.15, 0.2) is 6.10 Å². The molecule has 2 aromatic carbocycles. The summed E-state index contributed by atoms with van der Waals surface area (Å²) in [6.45, 7) is 2.30. The molecule has 2 heterocycles. The van der Waals surface area contributed by atoms with Gasteiger partial charge < -0.3 is 15.0 Å². The SMILES string of the molecule is Cc1ccc(CNC(=O)CN2C(=O)N(c3ccccc3)C(=O)C3OC4CCCCC4C32)cc1. The molecule has 0 bridgehead atoms. The first-order chi connectivity index (χ1) is 16.0. The van der Waals surface area contributed by atoms with Gasteiger partial charge in [-0.1, -0.05) is 60.9 Å². The monoisotopic (exact) mass is 447 g/mol. The van der Waals surface area contributed by atoms with Gasteiger partial charge in [-0.25, -0.2) is 9.69 Å². The van der Waals surface area contributed by atoms with E-state index in [-0.39, 0.29) is 30.4 Å². The molecule has 0 aromatic heterocycles. The Kier molecular flexibility index (Phi) is 5.89. The molecule has 3 fully saturated rings. The first-order valence-corrected chi connectivity index (χ1v) is 11.7. The first-order valence-electron chi connectivity index (χ1n) is 11.7. The Morgan fingerprint density at radius 1 is 1.03 bits per heavy atom. The molecule has 33 heavy (non-hydrogen) atoms. The highest BCUT2D eigenvalue weighted by atomic mass is 16.5. The smallest absolute Gasteiger partial charge is 0.332 e. The van der Waals surface area contributed by atoms with Crippen LogP contribution in [0.5, 0.6) is 0 Å². The van der Waals surface area contributed by atoms with E-state index in [1.807, 2.05) is 37.3 Å². The number of hydrogen-bond acceptors (Lipinski definition) is 4. The van der Waals surface area contributed by atoms with E-state index < -0.39 is 18.2 Å². The van der Waals surface area contributed by atoms with E-state index in [0.717, 1.165) is 36.8 Å². The van der Waals surface area contributed by atoms with Gasteiger partial charge >= 0.3 is 6.03 Å². The summed E-state index contributed by atoms with van der Waals surface area (Å²) in [7, 11) is 0. The van der Waals surface area contributed by atoms with Crippen LogP contribution in [0.25, 0.3) is 0 Å². The summed E-state index contributed by atoms with van der Waals surface area (Å²) in [4.78, 5) is 42.6. The summed E-state index contributed by atoms with van der Waals surface area (Å²) >= 11 is 0. The predicted octanol–water partition coefficient (Wildman–Crippen LogP) is 3.41. The van der Waals surface area contributed by atoms with Gasteiger partial charge in [0, 0.05) is 12.5 Å². The van der Waals surface area contributed by atoms with E-state index in [2.05, 4.69) is 5.32 Å². The molecule has 1 N–H and O–H groups in total. The Bertz CT molecular complexity index is 1040. The third kappa shape index (κ3) is 4.13. The van der Waals surface area contributed by atoms with E-state index in [9.17, 15) is 14.4 Å². The molecule has 0 spiro atoms. The fraction of sp³-hybridized carbons (Fsp3) is 0.423. The molecule has 5 rings (SSSR count). The number of rotatable bonds is 5. The van der Waals surface area contributed by atoms with Crippen LogP contribution in [-0.4, -0.2) is 47.5 Å². The minimum absolute atomic E-state index is 0.0423. The highest BCUT2D eigenvalue weighted by Crippen LogP contribution is 2.43. The second kappa shape index (κ2) is 8.98. The largest absolute Gasteiger partial charge is 0.363 e. The summed E-state index contributed by atoms with van der Waals surface area (Å²) in [6.07, 6.45) is 3.12. The third-order valence-electron chi connectivity index (χ3n) is 7.02. The van der Waals surface area contributed by atoms with Crippen LogP contribution >= 0.6 is 0 Å². The Morgan fingerprint density at radius 3 is 2.52 bits per heavy atom. The van der Waals surface area contributed by atoms with E-state index in [1.165, 1.54) is 4.90 Å². The Hall–Kier alpha value is -3.19. The van der Waals surface area contributed by atoms with Gasteiger partial charge in [-0.2, -0.15) is 0 Å². The number of ether oxygens (including phenoxy) is 1. The summed E-state index contributed by atoms with van der Waals surface area (Å²) in [6, 6.07) is 16.0. The van der Waals surface area contributed by atoms with Crippen LogP contribution in [0.1, 0.15) is 36.8 Å². The van der Waals surface area contributed by atoms with Crippen molar-refractivity contribution in [3.63, 3.8) is 0 Å². The molecule has 4 atom stereocenters. The molecular weight excluding hydrogens is 418 g/mol. The molecule has 7 nitrogen and oxygen atoms in total. The van der Waals surface area contributed by atoms with Gasteiger partial charge in [0.2, 0.25) is 5.91 Å². The zero-order valence-electron chi connectivity index (χ0n) is 18.8. The summed E-state index contributed by atoms with van der Waals surface area (Å²) in [5, 5.41) is 2.93. The Labute approximate surface area is 193 Å². The van der Waals surface area contributed by atoms with Gasteiger partial charge in [0.25, 0.3) is 5.91 Å². The normalized spacial score (nSPS) is 26.7. The molecule has 2 saturated heterocycles. The molecule has 1 aliphatic carbocycles. The number of urea groups is 1. The molecule has 2 aliphatic heterocycles. The second-order valence-corrected chi connectivity index (χ2v) is 9.22. The van der Waals surface area contributed by atoms with Crippen LogP contribution in [0.4, 0.5) is 10.5 Å². The Morgan fingerprint density at radius 2 is 1.76 bits per heavy atom. The van der Waals surface area contributed by atoms with Gasteiger partial charge in [-0.15, -0.1) is 0 Å². The minimum atomic E-state index is -0.735. The predicted molar refractivity (Wildman–Crippen MR) is 123 cm³/mol. The molecular formula is C26H29N3O4. The van der Waals surface area contributed by atoms with Gasteiger partial charge in [-0.05, 0) is 37.5 Å². The van der Waals surface area contributed by atoms with Crippen molar-refractivity contribution in [1.29, 1.82) is 0 Å².